The monoisotopic (exact) mass is 220 g/mol. The lowest BCUT2D eigenvalue weighted by atomic mass is 10.1. The van der Waals surface area contributed by atoms with Crippen LogP contribution in [0.2, 0.25) is 0 Å². The zero-order chi connectivity index (χ0) is 11.5. The predicted molar refractivity (Wildman–Crippen MR) is 62.3 cm³/mol. The van der Waals surface area contributed by atoms with Gasteiger partial charge in [0.25, 0.3) is 5.69 Å². The van der Waals surface area contributed by atoms with Crippen LogP contribution in [0.25, 0.3) is 0 Å². The molecule has 0 amide bonds. The van der Waals surface area contributed by atoms with Gasteiger partial charge in [-0.15, -0.1) is 0 Å². The Labute approximate surface area is 95.0 Å². The third-order valence-electron chi connectivity index (χ3n) is 3.27. The molecular weight excluding hydrogens is 204 g/mol. The molecule has 16 heavy (non-hydrogen) atoms. The Balaban J connectivity index is 2.11. The van der Waals surface area contributed by atoms with Crippen LogP contribution in [0, 0.1) is 10.1 Å². The van der Waals surface area contributed by atoms with Crippen LogP contribution in [0.4, 0.5) is 5.69 Å². The number of hydrogen-bond acceptors (Lipinski definition) is 3. The molecule has 0 saturated carbocycles. The van der Waals surface area contributed by atoms with Gasteiger partial charge in [0, 0.05) is 18.2 Å². The van der Waals surface area contributed by atoms with Gasteiger partial charge in [-0.3, -0.25) is 15.0 Å². The molecule has 1 aromatic rings. The van der Waals surface area contributed by atoms with Crippen LogP contribution in [-0.2, 0) is 0 Å². The molecule has 1 aromatic carbocycles. The zero-order valence-corrected chi connectivity index (χ0v) is 9.43. The lowest BCUT2D eigenvalue weighted by Gasteiger charge is -2.23. The topological polar surface area (TPSA) is 46.4 Å². The van der Waals surface area contributed by atoms with Crippen LogP contribution in [-0.4, -0.2) is 22.9 Å². The van der Waals surface area contributed by atoms with Crippen molar-refractivity contribution in [3.8, 4) is 0 Å². The number of hydrogen-bond donors (Lipinski definition) is 0. The standard InChI is InChI=1S/C12H16N2O2/c1-10(13-8-2-3-9-13)11-4-6-12(7-5-11)14(15)16/h4-7,10H,2-3,8-9H2,1H3/t10-/m0/s1. The van der Waals surface area contributed by atoms with Gasteiger partial charge < -0.3 is 0 Å². The molecule has 4 nitrogen and oxygen atoms in total. The van der Waals surface area contributed by atoms with E-state index in [-0.39, 0.29) is 10.6 Å². The second-order valence-corrected chi connectivity index (χ2v) is 4.27. The van der Waals surface area contributed by atoms with Gasteiger partial charge in [-0.2, -0.15) is 0 Å². The van der Waals surface area contributed by atoms with Crippen molar-refractivity contribution in [1.82, 2.24) is 4.90 Å². The van der Waals surface area contributed by atoms with Crippen LogP contribution in [0.1, 0.15) is 31.4 Å². The summed E-state index contributed by atoms with van der Waals surface area (Å²) in [4.78, 5) is 12.6. The molecule has 4 heteroatoms. The van der Waals surface area contributed by atoms with Crippen molar-refractivity contribution >= 4 is 5.69 Å². The number of non-ortho nitro benzene ring substituents is 1. The van der Waals surface area contributed by atoms with Gasteiger partial charge in [-0.25, -0.2) is 0 Å². The first-order valence-electron chi connectivity index (χ1n) is 5.67. The highest BCUT2D eigenvalue weighted by Gasteiger charge is 2.19. The average molecular weight is 220 g/mol. The molecule has 0 radical (unpaired) electrons. The van der Waals surface area contributed by atoms with Crippen molar-refractivity contribution in [3.05, 3.63) is 39.9 Å². The summed E-state index contributed by atoms with van der Waals surface area (Å²) in [5.74, 6) is 0. The van der Waals surface area contributed by atoms with Crippen molar-refractivity contribution in [1.29, 1.82) is 0 Å². The molecule has 0 aliphatic carbocycles. The molecule has 1 saturated heterocycles. The Hall–Kier alpha value is -1.42. The smallest absolute Gasteiger partial charge is 0.269 e. The zero-order valence-electron chi connectivity index (χ0n) is 9.43. The first-order chi connectivity index (χ1) is 7.68. The number of nitro groups is 1. The van der Waals surface area contributed by atoms with E-state index in [0.29, 0.717) is 6.04 Å². The maximum absolute atomic E-state index is 10.5. The van der Waals surface area contributed by atoms with Crippen LogP contribution in [0.5, 0.6) is 0 Å². The molecule has 0 aromatic heterocycles. The summed E-state index contributed by atoms with van der Waals surface area (Å²) >= 11 is 0. The summed E-state index contributed by atoms with van der Waals surface area (Å²) in [6.07, 6.45) is 2.52. The van der Waals surface area contributed by atoms with Gasteiger partial charge in [-0.1, -0.05) is 12.1 Å². The van der Waals surface area contributed by atoms with E-state index < -0.39 is 0 Å². The maximum Gasteiger partial charge on any atom is 0.269 e. The Kier molecular flexibility index (Phi) is 3.19. The molecule has 1 heterocycles. The van der Waals surface area contributed by atoms with E-state index in [0.717, 1.165) is 18.7 Å². The normalized spacial score (nSPS) is 18.6. The number of nitrogens with zero attached hydrogens (tertiary/aromatic N) is 2. The fourth-order valence-electron chi connectivity index (χ4n) is 2.21. The first-order valence-corrected chi connectivity index (χ1v) is 5.67. The lowest BCUT2D eigenvalue weighted by molar-refractivity contribution is -0.384. The highest BCUT2D eigenvalue weighted by atomic mass is 16.6. The number of rotatable bonds is 3. The Bertz CT molecular complexity index is 369. The summed E-state index contributed by atoms with van der Waals surface area (Å²) in [6, 6.07) is 7.26. The molecule has 0 bridgehead atoms. The molecular formula is C12H16N2O2. The van der Waals surface area contributed by atoms with Crippen LogP contribution < -0.4 is 0 Å². The van der Waals surface area contributed by atoms with Gasteiger partial charge in [0.1, 0.15) is 0 Å². The van der Waals surface area contributed by atoms with Crippen molar-refractivity contribution in [2.75, 3.05) is 13.1 Å². The summed E-state index contributed by atoms with van der Waals surface area (Å²) in [5, 5.41) is 10.5. The largest absolute Gasteiger partial charge is 0.297 e. The minimum atomic E-state index is -0.357. The third kappa shape index (κ3) is 2.22. The molecule has 2 rings (SSSR count). The number of benzene rings is 1. The fourth-order valence-corrected chi connectivity index (χ4v) is 2.21. The molecule has 1 aliphatic heterocycles. The summed E-state index contributed by atoms with van der Waals surface area (Å²) in [5.41, 5.74) is 1.32. The Morgan fingerprint density at radius 3 is 2.31 bits per heavy atom. The van der Waals surface area contributed by atoms with Crippen molar-refractivity contribution in [3.63, 3.8) is 0 Å². The van der Waals surface area contributed by atoms with E-state index in [2.05, 4.69) is 11.8 Å². The van der Waals surface area contributed by atoms with Crippen LogP contribution >= 0.6 is 0 Å². The predicted octanol–water partition coefficient (Wildman–Crippen LogP) is 2.75. The first kappa shape index (κ1) is 11.1. The molecule has 1 fully saturated rings. The van der Waals surface area contributed by atoms with Gasteiger partial charge in [-0.05, 0) is 38.4 Å². The number of likely N-dealkylation sites (tertiary alicyclic amines) is 1. The molecule has 0 N–H and O–H groups in total. The SMILES string of the molecule is C[C@@H](c1ccc([N+](=O)[O-])cc1)N1CCCC1. The lowest BCUT2D eigenvalue weighted by Crippen LogP contribution is -2.23. The van der Waals surface area contributed by atoms with E-state index in [1.807, 2.05) is 12.1 Å². The highest BCUT2D eigenvalue weighted by Crippen LogP contribution is 2.25. The summed E-state index contributed by atoms with van der Waals surface area (Å²) in [6.45, 7) is 4.43. The van der Waals surface area contributed by atoms with Crippen molar-refractivity contribution in [2.24, 2.45) is 0 Å². The number of nitro benzene ring substituents is 1. The second-order valence-electron chi connectivity index (χ2n) is 4.27. The van der Waals surface area contributed by atoms with Crippen LogP contribution in [0.3, 0.4) is 0 Å². The van der Waals surface area contributed by atoms with E-state index in [1.54, 1.807) is 12.1 Å². The molecule has 86 valence electrons. The Morgan fingerprint density at radius 1 is 1.25 bits per heavy atom. The highest BCUT2D eigenvalue weighted by molar-refractivity contribution is 5.34. The van der Waals surface area contributed by atoms with Gasteiger partial charge >= 0.3 is 0 Å². The van der Waals surface area contributed by atoms with E-state index in [1.165, 1.54) is 12.8 Å². The molecule has 0 spiro atoms. The maximum atomic E-state index is 10.5. The third-order valence-corrected chi connectivity index (χ3v) is 3.27. The Morgan fingerprint density at radius 2 is 1.81 bits per heavy atom. The van der Waals surface area contributed by atoms with E-state index in [9.17, 15) is 10.1 Å². The average Bonchev–Trinajstić information content (AvgIpc) is 2.81. The van der Waals surface area contributed by atoms with Gasteiger partial charge in [0.05, 0.1) is 4.92 Å². The van der Waals surface area contributed by atoms with Crippen LogP contribution in [0.15, 0.2) is 24.3 Å². The van der Waals surface area contributed by atoms with Gasteiger partial charge in [0.2, 0.25) is 0 Å². The van der Waals surface area contributed by atoms with E-state index >= 15 is 0 Å². The second kappa shape index (κ2) is 4.61. The van der Waals surface area contributed by atoms with E-state index in [4.69, 9.17) is 0 Å². The molecule has 1 atom stereocenters. The minimum absolute atomic E-state index is 0.164. The van der Waals surface area contributed by atoms with Crippen molar-refractivity contribution < 1.29 is 4.92 Å². The summed E-state index contributed by atoms with van der Waals surface area (Å²) in [7, 11) is 0. The molecule has 0 unspecified atom stereocenters. The van der Waals surface area contributed by atoms with Gasteiger partial charge in [0.15, 0.2) is 0 Å². The summed E-state index contributed by atoms with van der Waals surface area (Å²) < 4.78 is 0. The van der Waals surface area contributed by atoms with Crippen molar-refractivity contribution in [2.45, 2.75) is 25.8 Å². The fraction of sp³-hybridized carbons (Fsp3) is 0.500. The molecule has 1 aliphatic rings. The minimum Gasteiger partial charge on any atom is -0.297 e. The quantitative estimate of drug-likeness (QED) is 0.581.